The Hall–Kier alpha value is -1.38. The molecule has 0 unspecified atom stereocenters. The summed E-state index contributed by atoms with van der Waals surface area (Å²) >= 11 is 0. The van der Waals surface area contributed by atoms with Crippen LogP contribution < -0.4 is 4.90 Å². The summed E-state index contributed by atoms with van der Waals surface area (Å²) in [4.78, 5) is 13.0. The summed E-state index contributed by atoms with van der Waals surface area (Å²) in [5.41, 5.74) is 1.53. The monoisotopic (exact) mass is 193 g/mol. The number of hydrogen-bond donors (Lipinski definition) is 0. The lowest BCUT2D eigenvalue weighted by molar-refractivity contribution is -0.117. The predicted molar refractivity (Wildman–Crippen MR) is 52.7 cm³/mol. The molecular formula is C11H12FNO. The Balaban J connectivity index is 2.35. The number of halogens is 1. The van der Waals surface area contributed by atoms with Gasteiger partial charge in [0.1, 0.15) is 5.82 Å². The van der Waals surface area contributed by atoms with Crippen molar-refractivity contribution >= 4 is 11.6 Å². The van der Waals surface area contributed by atoms with Crippen LogP contribution in [-0.4, -0.2) is 12.5 Å². The van der Waals surface area contributed by atoms with Crippen LogP contribution in [0.5, 0.6) is 0 Å². The molecule has 1 saturated heterocycles. The molecule has 1 heterocycles. The maximum atomic E-state index is 13.1. The third-order valence-corrected chi connectivity index (χ3v) is 2.41. The molecule has 1 aliphatic rings. The highest BCUT2D eigenvalue weighted by Crippen LogP contribution is 2.23. The fourth-order valence-electron chi connectivity index (χ4n) is 1.79. The van der Waals surface area contributed by atoms with E-state index in [1.165, 1.54) is 12.1 Å². The van der Waals surface area contributed by atoms with Gasteiger partial charge >= 0.3 is 0 Å². The quantitative estimate of drug-likeness (QED) is 0.670. The lowest BCUT2D eigenvalue weighted by atomic mass is 10.2. The van der Waals surface area contributed by atoms with Crippen molar-refractivity contribution in [3.05, 3.63) is 29.6 Å². The molecule has 1 aliphatic heterocycles. The van der Waals surface area contributed by atoms with Crippen LogP contribution in [0.15, 0.2) is 18.2 Å². The summed E-state index contributed by atoms with van der Waals surface area (Å²) in [5, 5.41) is 0. The number of benzene rings is 1. The molecule has 2 rings (SSSR count). The second-order valence-corrected chi connectivity index (χ2v) is 3.64. The molecule has 1 fully saturated rings. The van der Waals surface area contributed by atoms with Gasteiger partial charge < -0.3 is 4.90 Å². The van der Waals surface area contributed by atoms with Crippen LogP contribution in [0, 0.1) is 12.7 Å². The maximum Gasteiger partial charge on any atom is 0.227 e. The van der Waals surface area contributed by atoms with Gasteiger partial charge in [-0.1, -0.05) is 0 Å². The average molecular weight is 193 g/mol. The molecule has 0 radical (unpaired) electrons. The van der Waals surface area contributed by atoms with Crippen molar-refractivity contribution in [2.75, 3.05) is 11.4 Å². The summed E-state index contributed by atoms with van der Waals surface area (Å²) < 4.78 is 13.1. The molecular weight excluding hydrogens is 181 g/mol. The van der Waals surface area contributed by atoms with Crippen molar-refractivity contribution in [3.8, 4) is 0 Å². The normalized spacial score (nSPS) is 16.4. The Morgan fingerprint density at radius 1 is 1.36 bits per heavy atom. The van der Waals surface area contributed by atoms with Gasteiger partial charge in [0.05, 0.1) is 0 Å². The molecule has 0 aliphatic carbocycles. The lowest BCUT2D eigenvalue weighted by Gasteiger charge is -2.16. The van der Waals surface area contributed by atoms with Gasteiger partial charge in [-0.2, -0.15) is 0 Å². The minimum atomic E-state index is -0.278. The first-order chi connectivity index (χ1) is 6.66. The highest BCUT2D eigenvalue weighted by atomic mass is 19.1. The van der Waals surface area contributed by atoms with Crippen LogP contribution in [-0.2, 0) is 4.79 Å². The van der Waals surface area contributed by atoms with Gasteiger partial charge in [0.15, 0.2) is 0 Å². The van der Waals surface area contributed by atoms with Gasteiger partial charge in [0, 0.05) is 18.7 Å². The summed E-state index contributed by atoms with van der Waals surface area (Å²) in [6.07, 6.45) is 1.45. The van der Waals surface area contributed by atoms with Crippen LogP contribution in [0.2, 0.25) is 0 Å². The van der Waals surface area contributed by atoms with Crippen molar-refractivity contribution in [2.24, 2.45) is 0 Å². The van der Waals surface area contributed by atoms with Crippen molar-refractivity contribution in [1.82, 2.24) is 0 Å². The molecule has 0 atom stereocenters. The smallest absolute Gasteiger partial charge is 0.227 e. The molecule has 1 aromatic rings. The molecule has 74 valence electrons. The number of amides is 1. The highest BCUT2D eigenvalue weighted by molar-refractivity contribution is 5.95. The number of nitrogens with zero attached hydrogens (tertiary/aromatic N) is 1. The molecule has 1 amide bonds. The second-order valence-electron chi connectivity index (χ2n) is 3.64. The van der Waals surface area contributed by atoms with Gasteiger partial charge in [-0.3, -0.25) is 4.79 Å². The van der Waals surface area contributed by atoms with Gasteiger partial charge in [0.2, 0.25) is 5.91 Å². The van der Waals surface area contributed by atoms with E-state index in [0.29, 0.717) is 18.7 Å². The Bertz CT molecular complexity index is 355. The molecule has 14 heavy (non-hydrogen) atoms. The van der Waals surface area contributed by atoms with E-state index >= 15 is 0 Å². The number of carbonyl (C=O) groups is 1. The van der Waals surface area contributed by atoms with E-state index < -0.39 is 0 Å². The van der Waals surface area contributed by atoms with Crippen LogP contribution in [0.3, 0.4) is 0 Å². The number of rotatable bonds is 1. The van der Waals surface area contributed by atoms with Crippen molar-refractivity contribution in [3.63, 3.8) is 0 Å². The molecule has 2 nitrogen and oxygen atoms in total. The summed E-state index contributed by atoms with van der Waals surface area (Å²) in [5.74, 6) is -0.185. The van der Waals surface area contributed by atoms with E-state index in [-0.39, 0.29) is 11.7 Å². The fraction of sp³-hybridized carbons (Fsp3) is 0.364. The van der Waals surface area contributed by atoms with E-state index in [4.69, 9.17) is 0 Å². The third kappa shape index (κ3) is 1.62. The minimum absolute atomic E-state index is 0.0926. The first-order valence-corrected chi connectivity index (χ1v) is 4.74. The van der Waals surface area contributed by atoms with Crippen LogP contribution >= 0.6 is 0 Å². The van der Waals surface area contributed by atoms with E-state index in [0.717, 1.165) is 12.0 Å². The Morgan fingerprint density at radius 2 is 2.14 bits per heavy atom. The molecule has 0 N–H and O–H groups in total. The van der Waals surface area contributed by atoms with Crippen molar-refractivity contribution in [2.45, 2.75) is 19.8 Å². The number of carbonyl (C=O) groups excluding carboxylic acids is 1. The van der Waals surface area contributed by atoms with E-state index in [9.17, 15) is 9.18 Å². The van der Waals surface area contributed by atoms with Crippen LogP contribution in [0.25, 0.3) is 0 Å². The predicted octanol–water partition coefficient (Wildman–Crippen LogP) is 2.26. The summed E-state index contributed by atoms with van der Waals surface area (Å²) in [6.45, 7) is 2.54. The number of anilines is 1. The Morgan fingerprint density at radius 3 is 2.71 bits per heavy atom. The Kier molecular flexibility index (Phi) is 2.23. The van der Waals surface area contributed by atoms with E-state index in [1.54, 1.807) is 4.90 Å². The number of hydrogen-bond acceptors (Lipinski definition) is 1. The van der Waals surface area contributed by atoms with Crippen molar-refractivity contribution < 1.29 is 9.18 Å². The zero-order valence-electron chi connectivity index (χ0n) is 8.09. The fourth-order valence-corrected chi connectivity index (χ4v) is 1.79. The van der Waals surface area contributed by atoms with Gasteiger partial charge in [0.25, 0.3) is 0 Å². The maximum absolute atomic E-state index is 13.1. The third-order valence-electron chi connectivity index (χ3n) is 2.41. The average Bonchev–Trinajstić information content (AvgIpc) is 2.49. The minimum Gasteiger partial charge on any atom is -0.312 e. The molecule has 0 saturated carbocycles. The molecule has 0 bridgehead atoms. The van der Waals surface area contributed by atoms with Crippen molar-refractivity contribution in [1.29, 1.82) is 0 Å². The first-order valence-electron chi connectivity index (χ1n) is 4.74. The SMILES string of the molecule is Cc1cc(F)cc(N2CCCC2=O)c1. The summed E-state index contributed by atoms with van der Waals surface area (Å²) in [7, 11) is 0. The van der Waals surface area contributed by atoms with E-state index in [1.807, 2.05) is 13.0 Å². The highest BCUT2D eigenvalue weighted by Gasteiger charge is 2.21. The first kappa shape index (κ1) is 9.19. The zero-order chi connectivity index (χ0) is 10.1. The van der Waals surface area contributed by atoms with E-state index in [2.05, 4.69) is 0 Å². The standard InChI is InChI=1S/C11H12FNO/c1-8-5-9(12)7-10(6-8)13-4-2-3-11(13)14/h5-7H,2-4H2,1H3. The molecule has 0 aromatic heterocycles. The Labute approximate surface area is 82.3 Å². The summed E-state index contributed by atoms with van der Waals surface area (Å²) in [6, 6.07) is 4.71. The zero-order valence-corrected chi connectivity index (χ0v) is 8.09. The molecule has 1 aromatic carbocycles. The lowest BCUT2D eigenvalue weighted by Crippen LogP contribution is -2.23. The van der Waals surface area contributed by atoms with Crippen LogP contribution in [0.1, 0.15) is 18.4 Å². The number of aryl methyl sites for hydroxylation is 1. The van der Waals surface area contributed by atoms with Gasteiger partial charge in [-0.05, 0) is 37.1 Å². The van der Waals surface area contributed by atoms with Gasteiger partial charge in [-0.15, -0.1) is 0 Å². The second kappa shape index (κ2) is 3.40. The largest absolute Gasteiger partial charge is 0.312 e. The van der Waals surface area contributed by atoms with Gasteiger partial charge in [-0.25, -0.2) is 4.39 Å². The molecule has 0 spiro atoms. The molecule has 3 heteroatoms. The topological polar surface area (TPSA) is 20.3 Å². The van der Waals surface area contributed by atoms with Crippen LogP contribution in [0.4, 0.5) is 10.1 Å².